The molecule has 0 bridgehead atoms. The lowest BCUT2D eigenvalue weighted by molar-refractivity contribution is 0.0949. The van der Waals surface area contributed by atoms with Crippen molar-refractivity contribution in [2.45, 2.75) is 0 Å². The monoisotopic (exact) mass is 303 g/mol. The first-order valence-corrected chi connectivity index (χ1v) is 5.93. The van der Waals surface area contributed by atoms with Gasteiger partial charge < -0.3 is 10.5 Å². The van der Waals surface area contributed by atoms with Crippen molar-refractivity contribution in [3.05, 3.63) is 79.0 Å². The third-order valence-electron chi connectivity index (χ3n) is 2.80. The Bertz CT molecular complexity index is 858. The average molecular weight is 303 g/mol. The number of nitrogen functional groups attached to an aromatic ring is 1. The van der Waals surface area contributed by atoms with Gasteiger partial charge in [-0.2, -0.15) is 0 Å². The first kappa shape index (κ1) is 17.0. The summed E-state index contributed by atoms with van der Waals surface area (Å²) >= 11 is 0. The van der Waals surface area contributed by atoms with E-state index < -0.39 is 16.3 Å². The summed E-state index contributed by atoms with van der Waals surface area (Å²) in [4.78, 5) is 46.2. The number of amides is 1. The minimum absolute atomic E-state index is 0. The fourth-order valence-electron chi connectivity index (χ4n) is 1.78. The minimum atomic E-state index is -0.920. The highest BCUT2D eigenvalue weighted by Crippen LogP contribution is 2.01. The second-order valence-corrected chi connectivity index (χ2v) is 4.09. The highest BCUT2D eigenvalue weighted by molar-refractivity contribution is 5.91. The van der Waals surface area contributed by atoms with Gasteiger partial charge in [-0.1, -0.05) is 24.3 Å². The highest BCUT2D eigenvalue weighted by atomic mass is 16.2. The van der Waals surface area contributed by atoms with Crippen molar-refractivity contribution in [1.82, 2.24) is 10.4 Å². The lowest BCUT2D eigenvalue weighted by Gasteiger charge is -1.91. The first-order valence-electron chi connectivity index (χ1n) is 5.93. The van der Waals surface area contributed by atoms with Gasteiger partial charge in [0.2, 0.25) is 10.9 Å². The molecule has 0 radical (unpaired) electrons. The zero-order valence-electron chi connectivity index (χ0n) is 11.3. The van der Waals surface area contributed by atoms with Gasteiger partial charge >= 0.3 is 0 Å². The Labute approximate surface area is 123 Å². The second kappa shape index (κ2) is 7.07. The number of hydrazine groups is 1. The zero-order chi connectivity index (χ0) is 15.4. The molecule has 22 heavy (non-hydrogen) atoms. The largest absolute Gasteiger partial charge is 0.412 e. The summed E-state index contributed by atoms with van der Waals surface area (Å²) in [5.74, 6) is 4.54. The average Bonchev–Trinajstić information content (AvgIpc) is 3.13. The van der Waals surface area contributed by atoms with E-state index in [9.17, 15) is 19.2 Å². The maximum absolute atomic E-state index is 11.0. The molecule has 0 aliphatic rings. The van der Waals surface area contributed by atoms with Gasteiger partial charge in [-0.3, -0.25) is 24.6 Å². The number of hydrogen-bond acceptors (Lipinski definition) is 5. The molecule has 0 aliphatic carbocycles. The maximum Gasteiger partial charge on any atom is 0.281 e. The molecule has 3 rings (SSSR count). The molecule has 1 aromatic heterocycles. The molecule has 2 aromatic carbocycles. The van der Waals surface area contributed by atoms with Gasteiger partial charge in [0.1, 0.15) is 5.69 Å². The fraction of sp³-hybridized carbons (Fsp3) is 0. The molecule has 0 spiro atoms. The first-order chi connectivity index (χ1) is 10.1. The topological polar surface area (TPSA) is 154 Å². The molecule has 0 saturated heterocycles. The molecular formula is C14H13N3O5. The van der Waals surface area contributed by atoms with Crippen molar-refractivity contribution in [3.63, 3.8) is 0 Å². The molecule has 8 nitrogen and oxygen atoms in total. The molecule has 0 atom stereocenters. The quantitative estimate of drug-likeness (QED) is 0.218. The summed E-state index contributed by atoms with van der Waals surface area (Å²) < 4.78 is 0. The van der Waals surface area contributed by atoms with Crippen LogP contribution in [0.25, 0.3) is 10.8 Å². The zero-order valence-corrected chi connectivity index (χ0v) is 11.3. The molecule has 0 aliphatic heterocycles. The van der Waals surface area contributed by atoms with E-state index in [1.807, 2.05) is 5.43 Å². The van der Waals surface area contributed by atoms with E-state index in [0.717, 1.165) is 0 Å². The summed E-state index contributed by atoms with van der Waals surface area (Å²) in [5.41, 5.74) is 0.178. The van der Waals surface area contributed by atoms with Gasteiger partial charge in [0, 0.05) is 17.0 Å². The Kier molecular flexibility index (Phi) is 5.44. The summed E-state index contributed by atoms with van der Waals surface area (Å²) in [6.45, 7) is 0. The molecule has 114 valence electrons. The van der Waals surface area contributed by atoms with E-state index in [-0.39, 0.29) is 22.2 Å². The number of nitrogens with two attached hydrogens (primary N) is 1. The van der Waals surface area contributed by atoms with Crippen LogP contribution in [0.2, 0.25) is 0 Å². The number of aromatic nitrogens is 1. The van der Waals surface area contributed by atoms with E-state index in [1.165, 1.54) is 12.1 Å². The van der Waals surface area contributed by atoms with Gasteiger partial charge in [-0.15, -0.1) is 0 Å². The van der Waals surface area contributed by atoms with E-state index in [2.05, 4.69) is 4.98 Å². The van der Waals surface area contributed by atoms with Gasteiger partial charge in [-0.25, -0.2) is 5.84 Å². The summed E-state index contributed by atoms with van der Waals surface area (Å²) in [5, 5.41) is 0.458. The van der Waals surface area contributed by atoms with Crippen LogP contribution in [-0.2, 0) is 0 Å². The van der Waals surface area contributed by atoms with Crippen molar-refractivity contribution in [2.24, 2.45) is 5.84 Å². The molecule has 0 saturated carbocycles. The lowest BCUT2D eigenvalue weighted by Crippen LogP contribution is -2.30. The Balaban J connectivity index is 0.000000219. The lowest BCUT2D eigenvalue weighted by atomic mass is 10.2. The van der Waals surface area contributed by atoms with Crippen LogP contribution in [0.15, 0.2) is 57.0 Å². The van der Waals surface area contributed by atoms with Crippen molar-refractivity contribution >= 4 is 16.7 Å². The van der Waals surface area contributed by atoms with E-state index in [1.54, 1.807) is 30.5 Å². The molecule has 8 heteroatoms. The minimum Gasteiger partial charge on any atom is -0.412 e. The van der Waals surface area contributed by atoms with Crippen LogP contribution >= 0.6 is 0 Å². The molecule has 1 heterocycles. The predicted octanol–water partition coefficient (Wildman–Crippen LogP) is -1.41. The number of rotatable bonds is 1. The van der Waals surface area contributed by atoms with Gasteiger partial charge in [0.05, 0.1) is 0 Å². The van der Waals surface area contributed by atoms with E-state index in [4.69, 9.17) is 5.84 Å². The van der Waals surface area contributed by atoms with Crippen LogP contribution in [0.1, 0.15) is 10.5 Å². The van der Waals surface area contributed by atoms with Crippen LogP contribution in [0, 0.1) is 0 Å². The number of H-pyrrole nitrogens is 1. The predicted molar refractivity (Wildman–Crippen MR) is 81.2 cm³/mol. The number of carbonyl (C=O) groups excluding carboxylic acids is 1. The van der Waals surface area contributed by atoms with E-state index in [0.29, 0.717) is 5.69 Å². The maximum atomic E-state index is 11.0. The normalized spacial score (nSPS) is 9.50. The Morgan fingerprint density at radius 3 is 1.86 bits per heavy atom. The molecule has 6 N–H and O–H groups in total. The van der Waals surface area contributed by atoms with Crippen LogP contribution in [0.5, 0.6) is 0 Å². The van der Waals surface area contributed by atoms with Crippen molar-refractivity contribution in [3.8, 4) is 0 Å². The Morgan fingerprint density at radius 1 is 0.909 bits per heavy atom. The van der Waals surface area contributed by atoms with Crippen LogP contribution < -0.4 is 27.6 Å². The molecule has 3 aromatic rings. The fourth-order valence-corrected chi connectivity index (χ4v) is 1.78. The third kappa shape index (κ3) is 3.14. The van der Waals surface area contributed by atoms with Gasteiger partial charge in [-0.05, 0) is 12.1 Å². The second-order valence-electron chi connectivity index (χ2n) is 4.09. The smallest absolute Gasteiger partial charge is 0.281 e. The number of carbonyl (C=O) groups is 1. The molecular weight excluding hydrogens is 290 g/mol. The van der Waals surface area contributed by atoms with Crippen molar-refractivity contribution in [2.75, 3.05) is 0 Å². The SMILES string of the molecule is NNC(=O)c1ccc[nH]1.O.O=c1c(=O)c2ccccc2c1=O. The number of benzene rings is 1. The van der Waals surface area contributed by atoms with Crippen LogP contribution in [0.3, 0.4) is 0 Å². The van der Waals surface area contributed by atoms with Crippen molar-refractivity contribution in [1.29, 1.82) is 0 Å². The van der Waals surface area contributed by atoms with Gasteiger partial charge in [0.15, 0.2) is 0 Å². The van der Waals surface area contributed by atoms with Crippen LogP contribution in [-0.4, -0.2) is 16.4 Å². The summed E-state index contributed by atoms with van der Waals surface area (Å²) in [6.07, 6.45) is 1.66. The highest BCUT2D eigenvalue weighted by Gasteiger charge is 2.09. The van der Waals surface area contributed by atoms with Crippen molar-refractivity contribution < 1.29 is 10.3 Å². The van der Waals surface area contributed by atoms with Gasteiger partial charge in [0.25, 0.3) is 11.3 Å². The molecule has 1 amide bonds. The van der Waals surface area contributed by atoms with E-state index >= 15 is 0 Å². The number of nitrogens with one attached hydrogen (secondary N) is 2. The summed E-state index contributed by atoms with van der Waals surface area (Å²) in [7, 11) is 0. The third-order valence-corrected chi connectivity index (χ3v) is 2.80. The Hall–Kier alpha value is -3.10. The molecule has 0 fully saturated rings. The standard InChI is InChI=1S/C9H4O3.C5H7N3O.H2O/c10-7-5-3-1-2-4-6(5)8(11)9(7)12;6-8-5(9)4-2-1-3-7-4;/h1-4H;1-3,7H,6H2,(H,8,9);1H2. The number of fused-ring (bicyclic) bond motifs is 1. The number of aromatic amines is 1. The van der Waals surface area contributed by atoms with Crippen LogP contribution in [0.4, 0.5) is 0 Å². The summed E-state index contributed by atoms with van der Waals surface area (Å²) in [6, 6.07) is 9.60. The molecule has 0 unspecified atom stereocenters. The Morgan fingerprint density at radius 2 is 1.45 bits per heavy atom. The number of hydrogen-bond donors (Lipinski definition) is 3.